The van der Waals surface area contributed by atoms with Gasteiger partial charge in [-0.05, 0) is 24.1 Å². The van der Waals surface area contributed by atoms with E-state index in [2.05, 4.69) is 0 Å². The molecule has 0 aliphatic carbocycles. The molecule has 0 bridgehead atoms. The van der Waals surface area contributed by atoms with Crippen LogP contribution in [0, 0.1) is 0 Å². The van der Waals surface area contributed by atoms with Gasteiger partial charge in [-0.15, -0.1) is 0 Å². The number of hydrogen-bond donors (Lipinski definition) is 1. The van der Waals surface area contributed by atoms with Crippen LogP contribution in [0.4, 0.5) is 0 Å². The molecule has 0 saturated heterocycles. The minimum Gasteiger partial charge on any atom is -0.481 e. The first kappa shape index (κ1) is 11.3. The SMILES string of the molecule is CC[C@H](C(=O)O)c1ccc(Cl)c(Cl)c1. The summed E-state index contributed by atoms with van der Waals surface area (Å²) in [5.74, 6) is -1.35. The highest BCUT2D eigenvalue weighted by Gasteiger charge is 2.17. The van der Waals surface area contributed by atoms with Crippen molar-refractivity contribution in [1.82, 2.24) is 0 Å². The van der Waals surface area contributed by atoms with Crippen molar-refractivity contribution in [2.24, 2.45) is 0 Å². The van der Waals surface area contributed by atoms with Gasteiger partial charge in [-0.2, -0.15) is 0 Å². The van der Waals surface area contributed by atoms with Crippen molar-refractivity contribution in [2.75, 3.05) is 0 Å². The summed E-state index contributed by atoms with van der Waals surface area (Å²) in [6, 6.07) is 4.91. The van der Waals surface area contributed by atoms with Crippen molar-refractivity contribution in [1.29, 1.82) is 0 Å². The highest BCUT2D eigenvalue weighted by atomic mass is 35.5. The summed E-state index contributed by atoms with van der Waals surface area (Å²) in [6.07, 6.45) is 0.535. The Morgan fingerprint density at radius 3 is 2.50 bits per heavy atom. The first-order valence-electron chi connectivity index (χ1n) is 4.24. The van der Waals surface area contributed by atoms with Gasteiger partial charge in [0.2, 0.25) is 0 Å². The number of aliphatic carboxylic acids is 1. The number of benzene rings is 1. The van der Waals surface area contributed by atoms with E-state index in [1.807, 2.05) is 6.92 Å². The van der Waals surface area contributed by atoms with Crippen molar-refractivity contribution < 1.29 is 9.90 Å². The predicted octanol–water partition coefficient (Wildman–Crippen LogP) is 3.57. The molecule has 1 aromatic rings. The van der Waals surface area contributed by atoms with Crippen molar-refractivity contribution in [3.05, 3.63) is 33.8 Å². The number of hydrogen-bond acceptors (Lipinski definition) is 1. The molecule has 0 saturated carbocycles. The smallest absolute Gasteiger partial charge is 0.310 e. The molecule has 0 aliphatic heterocycles. The second-order valence-electron chi connectivity index (χ2n) is 2.97. The van der Waals surface area contributed by atoms with Gasteiger partial charge in [-0.3, -0.25) is 4.79 Å². The van der Waals surface area contributed by atoms with Gasteiger partial charge in [0.05, 0.1) is 16.0 Å². The molecule has 0 amide bonds. The van der Waals surface area contributed by atoms with Crippen LogP contribution in [0.2, 0.25) is 10.0 Å². The monoisotopic (exact) mass is 232 g/mol. The zero-order valence-corrected chi connectivity index (χ0v) is 9.14. The van der Waals surface area contributed by atoms with Gasteiger partial charge in [0.25, 0.3) is 0 Å². The van der Waals surface area contributed by atoms with Crippen LogP contribution < -0.4 is 0 Å². The second-order valence-corrected chi connectivity index (χ2v) is 3.79. The lowest BCUT2D eigenvalue weighted by Gasteiger charge is -2.10. The Balaban J connectivity index is 3.06. The highest BCUT2D eigenvalue weighted by molar-refractivity contribution is 6.42. The van der Waals surface area contributed by atoms with Crippen LogP contribution in [0.15, 0.2) is 18.2 Å². The molecule has 76 valence electrons. The Morgan fingerprint density at radius 2 is 2.07 bits per heavy atom. The molecule has 1 rings (SSSR count). The van der Waals surface area contributed by atoms with E-state index in [1.54, 1.807) is 18.2 Å². The lowest BCUT2D eigenvalue weighted by molar-refractivity contribution is -0.138. The highest BCUT2D eigenvalue weighted by Crippen LogP contribution is 2.28. The lowest BCUT2D eigenvalue weighted by Crippen LogP contribution is -2.10. The quantitative estimate of drug-likeness (QED) is 0.866. The zero-order chi connectivity index (χ0) is 10.7. The summed E-state index contributed by atoms with van der Waals surface area (Å²) in [6.45, 7) is 1.82. The van der Waals surface area contributed by atoms with Crippen molar-refractivity contribution in [3.8, 4) is 0 Å². The summed E-state index contributed by atoms with van der Waals surface area (Å²) in [5, 5.41) is 9.74. The summed E-state index contributed by atoms with van der Waals surface area (Å²) >= 11 is 11.5. The van der Waals surface area contributed by atoms with Gasteiger partial charge in [-0.1, -0.05) is 36.2 Å². The summed E-state index contributed by atoms with van der Waals surface area (Å²) in [7, 11) is 0. The molecule has 0 unspecified atom stereocenters. The third kappa shape index (κ3) is 2.40. The standard InChI is InChI=1S/C10H10Cl2O2/c1-2-7(10(13)14)6-3-4-8(11)9(12)5-6/h3-5,7H,2H2,1H3,(H,13,14)/t7-/m0/s1. The number of rotatable bonds is 3. The number of carbonyl (C=O) groups is 1. The van der Waals surface area contributed by atoms with Crippen LogP contribution in [0.25, 0.3) is 0 Å². The molecule has 0 aromatic heterocycles. The third-order valence-electron chi connectivity index (χ3n) is 2.05. The number of halogens is 2. The van der Waals surface area contributed by atoms with Gasteiger partial charge in [0, 0.05) is 0 Å². The summed E-state index contributed by atoms with van der Waals surface area (Å²) in [5.41, 5.74) is 0.689. The molecule has 0 spiro atoms. The Kier molecular flexibility index (Phi) is 3.78. The van der Waals surface area contributed by atoms with Crippen molar-refractivity contribution >= 4 is 29.2 Å². The Morgan fingerprint density at radius 1 is 1.43 bits per heavy atom. The van der Waals surface area contributed by atoms with Crippen LogP contribution in [0.5, 0.6) is 0 Å². The topological polar surface area (TPSA) is 37.3 Å². The van der Waals surface area contributed by atoms with E-state index >= 15 is 0 Å². The largest absolute Gasteiger partial charge is 0.481 e. The van der Waals surface area contributed by atoms with Crippen molar-refractivity contribution in [3.63, 3.8) is 0 Å². The Labute approximate surface area is 92.5 Å². The molecular formula is C10H10Cl2O2. The van der Waals surface area contributed by atoms with Crippen LogP contribution in [0.3, 0.4) is 0 Å². The average molecular weight is 233 g/mol. The van der Waals surface area contributed by atoms with Crippen LogP contribution in [-0.4, -0.2) is 11.1 Å². The maximum Gasteiger partial charge on any atom is 0.310 e. The van der Waals surface area contributed by atoms with E-state index in [4.69, 9.17) is 28.3 Å². The van der Waals surface area contributed by atoms with E-state index in [-0.39, 0.29) is 0 Å². The van der Waals surface area contributed by atoms with Gasteiger partial charge >= 0.3 is 5.97 Å². The molecule has 4 heteroatoms. The first-order chi connectivity index (χ1) is 6.56. The van der Waals surface area contributed by atoms with Crippen LogP contribution in [0.1, 0.15) is 24.8 Å². The molecule has 1 aromatic carbocycles. The first-order valence-corrected chi connectivity index (χ1v) is 4.99. The van der Waals surface area contributed by atoms with Crippen molar-refractivity contribution in [2.45, 2.75) is 19.3 Å². The normalized spacial score (nSPS) is 12.5. The Bertz CT molecular complexity index is 350. The summed E-state index contributed by atoms with van der Waals surface area (Å²) in [4.78, 5) is 10.9. The molecule has 0 aliphatic rings. The fourth-order valence-electron chi connectivity index (χ4n) is 1.28. The van der Waals surface area contributed by atoms with Gasteiger partial charge < -0.3 is 5.11 Å². The van der Waals surface area contributed by atoms with E-state index in [9.17, 15) is 4.79 Å². The molecular weight excluding hydrogens is 223 g/mol. The fraction of sp³-hybridized carbons (Fsp3) is 0.300. The number of carboxylic acid groups (broad SMARTS) is 1. The van der Waals surface area contributed by atoms with Gasteiger partial charge in [0.1, 0.15) is 0 Å². The maximum absolute atomic E-state index is 10.9. The molecule has 0 heterocycles. The maximum atomic E-state index is 10.9. The molecule has 0 fully saturated rings. The number of carboxylic acids is 1. The van der Waals surface area contributed by atoms with E-state index < -0.39 is 11.9 Å². The molecule has 1 atom stereocenters. The van der Waals surface area contributed by atoms with Crippen LogP contribution in [-0.2, 0) is 4.79 Å². The molecule has 14 heavy (non-hydrogen) atoms. The van der Waals surface area contributed by atoms with E-state index in [0.29, 0.717) is 22.0 Å². The minimum atomic E-state index is -0.842. The predicted molar refractivity (Wildman–Crippen MR) is 57.1 cm³/mol. The molecule has 0 radical (unpaired) electrons. The van der Waals surface area contributed by atoms with E-state index in [1.165, 1.54) is 0 Å². The third-order valence-corrected chi connectivity index (χ3v) is 2.79. The molecule has 1 N–H and O–H groups in total. The van der Waals surface area contributed by atoms with Gasteiger partial charge in [0.15, 0.2) is 0 Å². The molecule has 2 nitrogen and oxygen atoms in total. The Hall–Kier alpha value is -0.730. The van der Waals surface area contributed by atoms with Crippen LogP contribution >= 0.6 is 23.2 Å². The van der Waals surface area contributed by atoms with Gasteiger partial charge in [-0.25, -0.2) is 0 Å². The minimum absolute atomic E-state index is 0.392. The lowest BCUT2D eigenvalue weighted by atomic mass is 9.97. The second kappa shape index (κ2) is 4.67. The fourth-order valence-corrected chi connectivity index (χ4v) is 1.59. The average Bonchev–Trinajstić information content (AvgIpc) is 2.11. The summed E-state index contributed by atoms with van der Waals surface area (Å²) < 4.78 is 0. The zero-order valence-electron chi connectivity index (χ0n) is 7.63. The van der Waals surface area contributed by atoms with E-state index in [0.717, 1.165) is 0 Å².